The Balaban J connectivity index is 1.83. The van der Waals surface area contributed by atoms with E-state index in [9.17, 15) is 0 Å². The zero-order valence-corrected chi connectivity index (χ0v) is 20.3. The van der Waals surface area contributed by atoms with E-state index in [0.29, 0.717) is 0 Å². The molecule has 2 heteroatoms. The summed E-state index contributed by atoms with van der Waals surface area (Å²) in [6, 6.07) is 18.0. The molecule has 4 rings (SSSR count). The molecular weight excluding hydrogens is 391 g/mol. The van der Waals surface area contributed by atoms with E-state index in [1.807, 2.05) is 0 Å². The van der Waals surface area contributed by atoms with Crippen molar-refractivity contribution in [3.8, 4) is 0 Å². The molecule has 2 aliphatic rings. The van der Waals surface area contributed by atoms with Crippen LogP contribution in [0.4, 0.5) is 0 Å². The van der Waals surface area contributed by atoms with Crippen LogP contribution in [0, 0.1) is 12.3 Å². The van der Waals surface area contributed by atoms with Gasteiger partial charge in [0, 0.05) is 0 Å². The first-order valence-electron chi connectivity index (χ1n) is 10.1. The molecule has 2 unspecified atom stereocenters. The summed E-state index contributed by atoms with van der Waals surface area (Å²) in [6.07, 6.45) is 4.94. The molecule has 142 valence electrons. The SMILES string of the molecule is CC1=C(C)C(C)(C)[C]([Ti][C]2(Pc3ccccc3C)C=Cc3ccccc32)=C1C. The Hall–Kier alpha value is -1.20. The van der Waals surface area contributed by atoms with Crippen LogP contribution in [0.2, 0.25) is 0 Å². The third-order valence-electron chi connectivity index (χ3n) is 6.76. The first-order chi connectivity index (χ1) is 13.3. The third-order valence-corrected chi connectivity index (χ3v) is 12.8. The summed E-state index contributed by atoms with van der Waals surface area (Å²) in [7, 11) is 0.787. The predicted molar refractivity (Wildman–Crippen MR) is 121 cm³/mol. The van der Waals surface area contributed by atoms with Gasteiger partial charge in [0.2, 0.25) is 0 Å². The van der Waals surface area contributed by atoms with E-state index in [-0.39, 0.29) is 8.88 Å². The quantitative estimate of drug-likeness (QED) is 0.372. The number of fused-ring (bicyclic) bond motifs is 1. The van der Waals surface area contributed by atoms with Gasteiger partial charge in [-0.1, -0.05) is 0 Å². The topological polar surface area (TPSA) is 0 Å². The second-order valence-electron chi connectivity index (χ2n) is 8.67. The molecule has 0 fully saturated rings. The summed E-state index contributed by atoms with van der Waals surface area (Å²) in [5, 5.41) is 1.52. The standard InChI is InChI=1S/C16H14P.C10H15.Ti/c1-12-6-2-5-9-15(12)17-16-11-10-13-7-3-4-8-14(13)16;1-7-6-10(4,5)9(3)8(7)2;/h2-11,17H,1H3;1-5H3;. The molecule has 2 aromatic carbocycles. The van der Waals surface area contributed by atoms with Crippen molar-refractivity contribution in [3.63, 3.8) is 0 Å². The molecule has 0 spiro atoms. The van der Waals surface area contributed by atoms with Crippen LogP contribution in [0.1, 0.15) is 51.3 Å². The monoisotopic (exact) mass is 420 g/mol. The fourth-order valence-electron chi connectivity index (χ4n) is 4.52. The molecule has 0 aliphatic heterocycles. The van der Waals surface area contributed by atoms with Gasteiger partial charge in [0.05, 0.1) is 0 Å². The van der Waals surface area contributed by atoms with Crippen LogP contribution < -0.4 is 5.30 Å². The molecule has 0 radical (unpaired) electrons. The Labute approximate surface area is 180 Å². The molecule has 0 N–H and O–H groups in total. The van der Waals surface area contributed by atoms with E-state index in [4.69, 9.17) is 0 Å². The van der Waals surface area contributed by atoms with E-state index in [1.54, 1.807) is 20.6 Å². The van der Waals surface area contributed by atoms with Gasteiger partial charge in [0.25, 0.3) is 0 Å². The zero-order chi connectivity index (χ0) is 20.1. The van der Waals surface area contributed by atoms with E-state index in [2.05, 4.69) is 102 Å². The average Bonchev–Trinajstić information content (AvgIpc) is 3.10. The maximum atomic E-state index is 2.56. The normalized spacial score (nSPS) is 23.2. The van der Waals surface area contributed by atoms with Crippen LogP contribution in [0.5, 0.6) is 0 Å². The van der Waals surface area contributed by atoms with Crippen LogP contribution in [0.25, 0.3) is 6.08 Å². The second kappa shape index (κ2) is 7.25. The minimum absolute atomic E-state index is 0.182. The van der Waals surface area contributed by atoms with Crippen LogP contribution in [0.15, 0.2) is 75.2 Å². The van der Waals surface area contributed by atoms with Gasteiger partial charge < -0.3 is 0 Å². The summed E-state index contributed by atoms with van der Waals surface area (Å²) in [5.41, 5.74) is 9.24. The van der Waals surface area contributed by atoms with E-state index < -0.39 is 19.2 Å². The van der Waals surface area contributed by atoms with Gasteiger partial charge in [-0.3, -0.25) is 0 Å². The van der Waals surface area contributed by atoms with Gasteiger partial charge >= 0.3 is 181 Å². The summed E-state index contributed by atoms with van der Waals surface area (Å²) in [5.74, 6) is 0. The van der Waals surface area contributed by atoms with Crippen molar-refractivity contribution in [2.75, 3.05) is 0 Å². The van der Waals surface area contributed by atoms with Gasteiger partial charge in [-0.15, -0.1) is 0 Å². The summed E-state index contributed by atoms with van der Waals surface area (Å²) < 4.78 is 1.92. The molecular formula is C26H29PTi. The number of hydrogen-bond acceptors (Lipinski definition) is 0. The van der Waals surface area contributed by atoms with Gasteiger partial charge in [-0.25, -0.2) is 0 Å². The Morgan fingerprint density at radius 3 is 2.18 bits per heavy atom. The first kappa shape index (κ1) is 20.1. The van der Waals surface area contributed by atoms with Crippen molar-refractivity contribution in [2.45, 2.75) is 45.0 Å². The van der Waals surface area contributed by atoms with Crippen LogP contribution in [0.3, 0.4) is 0 Å². The van der Waals surface area contributed by atoms with Crippen LogP contribution in [-0.2, 0) is 22.6 Å². The van der Waals surface area contributed by atoms with E-state index in [1.165, 1.54) is 22.0 Å². The van der Waals surface area contributed by atoms with Crippen molar-refractivity contribution < 1.29 is 19.2 Å². The van der Waals surface area contributed by atoms with Gasteiger partial charge in [-0.05, 0) is 0 Å². The van der Waals surface area contributed by atoms with Gasteiger partial charge in [0.15, 0.2) is 0 Å². The molecule has 0 saturated carbocycles. The fourth-order valence-corrected chi connectivity index (χ4v) is 10.2. The number of benzene rings is 2. The summed E-state index contributed by atoms with van der Waals surface area (Å²) >= 11 is -0.397. The Kier molecular flexibility index (Phi) is 5.20. The van der Waals surface area contributed by atoms with Crippen LogP contribution in [-0.4, -0.2) is 0 Å². The Morgan fingerprint density at radius 1 is 0.821 bits per heavy atom. The maximum absolute atomic E-state index is 2.56. The summed E-state index contributed by atoms with van der Waals surface area (Å²) in [6.45, 7) is 14.2. The van der Waals surface area contributed by atoms with E-state index in [0.717, 1.165) is 8.58 Å². The van der Waals surface area contributed by atoms with Crippen LogP contribution >= 0.6 is 8.58 Å². The molecule has 0 heterocycles. The minimum atomic E-state index is -0.397. The molecule has 0 nitrogen and oxygen atoms in total. The molecule has 2 aromatic rings. The third kappa shape index (κ3) is 3.15. The Morgan fingerprint density at radius 2 is 1.50 bits per heavy atom. The van der Waals surface area contributed by atoms with Gasteiger partial charge in [-0.2, -0.15) is 0 Å². The number of hydrogen-bond donors (Lipinski definition) is 0. The Bertz CT molecular complexity index is 1040. The second-order valence-corrected chi connectivity index (χ2v) is 13.4. The fraction of sp³-hybridized carbons (Fsp3) is 0.308. The molecule has 0 saturated heterocycles. The van der Waals surface area contributed by atoms with Crippen molar-refractivity contribution >= 4 is 20.0 Å². The molecule has 2 atom stereocenters. The average molecular weight is 420 g/mol. The van der Waals surface area contributed by atoms with Gasteiger partial charge in [0.1, 0.15) is 0 Å². The summed E-state index contributed by atoms with van der Waals surface area (Å²) in [4.78, 5) is 0. The van der Waals surface area contributed by atoms with Crippen molar-refractivity contribution in [2.24, 2.45) is 5.41 Å². The van der Waals surface area contributed by atoms with Crippen molar-refractivity contribution in [3.05, 3.63) is 91.9 Å². The van der Waals surface area contributed by atoms with E-state index >= 15 is 0 Å². The molecule has 2 aliphatic carbocycles. The molecule has 28 heavy (non-hydrogen) atoms. The predicted octanol–water partition coefficient (Wildman–Crippen LogP) is 6.91. The number of aryl methyl sites for hydroxylation is 1. The van der Waals surface area contributed by atoms with Crippen molar-refractivity contribution in [1.29, 1.82) is 0 Å². The van der Waals surface area contributed by atoms with Crippen molar-refractivity contribution in [1.82, 2.24) is 0 Å². The number of allylic oxidation sites excluding steroid dienone is 5. The number of rotatable bonds is 4. The molecule has 0 bridgehead atoms. The molecule has 0 aromatic heterocycles. The molecule has 0 amide bonds. The zero-order valence-electron chi connectivity index (χ0n) is 17.8. The first-order valence-corrected chi connectivity index (χ1v) is 12.6.